The molecule has 1 rings (SSSR count). The predicted molar refractivity (Wildman–Crippen MR) is 85.2 cm³/mol. The smallest absolute Gasteiger partial charge is 0.335 e. The Morgan fingerprint density at radius 2 is 2.00 bits per heavy atom. The molecule has 0 heterocycles. The zero-order chi connectivity index (χ0) is 16.4. The molecule has 5 nitrogen and oxygen atoms in total. The van der Waals surface area contributed by atoms with Crippen LogP contribution in [0.15, 0.2) is 21.5 Å². The zero-order valence-electron chi connectivity index (χ0n) is 12.6. The van der Waals surface area contributed by atoms with Gasteiger partial charge >= 0.3 is 5.97 Å². The number of hydrogen-bond donors (Lipinski definition) is 1. The third kappa shape index (κ3) is 3.84. The second-order valence-electron chi connectivity index (χ2n) is 5.05. The van der Waals surface area contributed by atoms with Crippen molar-refractivity contribution in [1.29, 1.82) is 0 Å². The number of aromatic carboxylic acids is 1. The molecule has 0 aliphatic carbocycles. The van der Waals surface area contributed by atoms with Gasteiger partial charge in [-0.05, 0) is 38.0 Å². The molecule has 118 valence electrons. The average Bonchev–Trinajstić information content (AvgIpc) is 2.40. The normalized spacial score (nSPS) is 13.4. The summed E-state index contributed by atoms with van der Waals surface area (Å²) < 4.78 is 27.2. The zero-order valence-corrected chi connectivity index (χ0v) is 15.0. The van der Waals surface area contributed by atoms with Crippen LogP contribution in [-0.4, -0.2) is 36.9 Å². The summed E-state index contributed by atoms with van der Waals surface area (Å²) in [5.74, 6) is -1.16. The summed E-state index contributed by atoms with van der Waals surface area (Å²) in [5.41, 5.74) is 0.457. The molecule has 0 aromatic heterocycles. The van der Waals surface area contributed by atoms with Crippen molar-refractivity contribution in [3.8, 4) is 0 Å². The minimum atomic E-state index is -3.73. The fourth-order valence-corrected chi connectivity index (χ4v) is 4.29. The molecule has 0 radical (unpaired) electrons. The lowest BCUT2D eigenvalue weighted by Gasteiger charge is -2.25. The van der Waals surface area contributed by atoms with E-state index in [2.05, 4.69) is 15.9 Å². The van der Waals surface area contributed by atoms with E-state index in [0.717, 1.165) is 12.8 Å². The average molecular weight is 378 g/mol. The van der Waals surface area contributed by atoms with E-state index < -0.39 is 16.0 Å². The molecule has 0 bridgehead atoms. The molecule has 1 atom stereocenters. The van der Waals surface area contributed by atoms with Gasteiger partial charge in [-0.25, -0.2) is 13.2 Å². The molecule has 7 heteroatoms. The maximum atomic E-state index is 12.7. The summed E-state index contributed by atoms with van der Waals surface area (Å²) in [6.07, 6.45) is 1.62. The van der Waals surface area contributed by atoms with Crippen LogP contribution in [0.25, 0.3) is 0 Å². The monoisotopic (exact) mass is 377 g/mol. The lowest BCUT2D eigenvalue weighted by molar-refractivity contribution is 0.0696. The molecule has 1 unspecified atom stereocenters. The molecule has 0 fully saturated rings. The largest absolute Gasteiger partial charge is 0.478 e. The maximum Gasteiger partial charge on any atom is 0.335 e. The van der Waals surface area contributed by atoms with Crippen LogP contribution in [0, 0.1) is 6.92 Å². The number of carboxylic acids is 1. The number of halogens is 1. The van der Waals surface area contributed by atoms with E-state index >= 15 is 0 Å². The van der Waals surface area contributed by atoms with Crippen LogP contribution in [0.3, 0.4) is 0 Å². The van der Waals surface area contributed by atoms with Crippen molar-refractivity contribution in [2.75, 3.05) is 7.05 Å². The number of carbonyl (C=O) groups is 1. The number of nitrogens with zero attached hydrogens (tertiary/aromatic N) is 1. The minimum Gasteiger partial charge on any atom is -0.478 e. The van der Waals surface area contributed by atoms with Gasteiger partial charge in [0, 0.05) is 17.6 Å². The summed E-state index contributed by atoms with van der Waals surface area (Å²) in [6, 6.07) is 2.48. The molecule has 21 heavy (non-hydrogen) atoms. The SMILES string of the molecule is CCCC(C)N(C)S(=O)(=O)c1cc(C(=O)O)cc(Br)c1C. The van der Waals surface area contributed by atoms with Crippen molar-refractivity contribution >= 4 is 31.9 Å². The lowest BCUT2D eigenvalue weighted by atomic mass is 10.1. The van der Waals surface area contributed by atoms with Crippen LogP contribution < -0.4 is 0 Å². The molecular weight excluding hydrogens is 358 g/mol. The highest BCUT2D eigenvalue weighted by Crippen LogP contribution is 2.28. The van der Waals surface area contributed by atoms with Crippen LogP contribution in [0.4, 0.5) is 0 Å². The van der Waals surface area contributed by atoms with E-state index in [-0.39, 0.29) is 16.5 Å². The Labute approximate surface area is 134 Å². The van der Waals surface area contributed by atoms with Gasteiger partial charge in [0.2, 0.25) is 10.0 Å². The summed E-state index contributed by atoms with van der Waals surface area (Å²) in [6.45, 7) is 5.48. The summed E-state index contributed by atoms with van der Waals surface area (Å²) in [4.78, 5) is 11.1. The molecule has 0 saturated heterocycles. The molecule has 1 N–H and O–H groups in total. The second-order valence-corrected chi connectivity index (χ2v) is 7.87. The highest BCUT2D eigenvalue weighted by Gasteiger charge is 2.28. The number of hydrogen-bond acceptors (Lipinski definition) is 3. The molecule has 1 aromatic rings. The van der Waals surface area contributed by atoms with Crippen molar-refractivity contribution in [2.24, 2.45) is 0 Å². The van der Waals surface area contributed by atoms with Gasteiger partial charge in [0.05, 0.1) is 10.5 Å². The third-order valence-corrected chi connectivity index (χ3v) is 6.45. The van der Waals surface area contributed by atoms with Crippen LogP contribution in [0.2, 0.25) is 0 Å². The first-order valence-corrected chi connectivity index (χ1v) is 8.87. The fourth-order valence-electron chi connectivity index (χ4n) is 2.04. The standard InChI is InChI=1S/C14H20BrNO4S/c1-5-6-9(2)16(4)21(19,20)13-8-11(14(17)18)7-12(15)10(13)3/h7-9H,5-6H2,1-4H3,(H,17,18). The Morgan fingerprint density at radius 1 is 1.43 bits per heavy atom. The van der Waals surface area contributed by atoms with Crippen LogP contribution >= 0.6 is 15.9 Å². The van der Waals surface area contributed by atoms with E-state index in [1.807, 2.05) is 13.8 Å². The van der Waals surface area contributed by atoms with Crippen molar-refractivity contribution in [3.63, 3.8) is 0 Å². The quantitative estimate of drug-likeness (QED) is 0.825. The first kappa shape index (κ1) is 18.1. The highest BCUT2D eigenvalue weighted by molar-refractivity contribution is 9.10. The Hall–Kier alpha value is -0.920. The highest BCUT2D eigenvalue weighted by atomic mass is 79.9. The van der Waals surface area contributed by atoms with Gasteiger partial charge in [-0.3, -0.25) is 0 Å². The van der Waals surface area contributed by atoms with E-state index in [0.29, 0.717) is 10.0 Å². The van der Waals surface area contributed by atoms with E-state index in [9.17, 15) is 13.2 Å². The molecule has 0 aliphatic heterocycles. The Balaban J connectivity index is 3.40. The van der Waals surface area contributed by atoms with Gasteiger partial charge in [-0.15, -0.1) is 0 Å². The number of carboxylic acid groups (broad SMARTS) is 1. The summed E-state index contributed by atoms with van der Waals surface area (Å²) in [7, 11) is -2.21. The van der Waals surface area contributed by atoms with Gasteiger partial charge < -0.3 is 5.11 Å². The third-order valence-electron chi connectivity index (χ3n) is 3.53. The fraction of sp³-hybridized carbons (Fsp3) is 0.500. The van der Waals surface area contributed by atoms with Crippen molar-refractivity contribution < 1.29 is 18.3 Å². The number of rotatable bonds is 6. The van der Waals surface area contributed by atoms with Crippen molar-refractivity contribution in [3.05, 3.63) is 27.7 Å². The molecular formula is C14H20BrNO4S. The van der Waals surface area contributed by atoms with Crippen LogP contribution in [-0.2, 0) is 10.0 Å². The van der Waals surface area contributed by atoms with Gasteiger partial charge in [0.1, 0.15) is 0 Å². The Bertz CT molecular complexity index is 643. The summed E-state index contributed by atoms with van der Waals surface area (Å²) >= 11 is 3.23. The van der Waals surface area contributed by atoms with Gasteiger partial charge in [-0.1, -0.05) is 29.3 Å². The molecule has 1 aromatic carbocycles. The molecule has 0 spiro atoms. The van der Waals surface area contributed by atoms with Crippen molar-refractivity contribution in [1.82, 2.24) is 4.31 Å². The molecule has 0 saturated carbocycles. The van der Waals surface area contributed by atoms with Gasteiger partial charge in [-0.2, -0.15) is 4.31 Å². The van der Waals surface area contributed by atoms with E-state index in [1.165, 1.54) is 23.5 Å². The number of benzene rings is 1. The van der Waals surface area contributed by atoms with Gasteiger partial charge in [0.25, 0.3) is 0 Å². The van der Waals surface area contributed by atoms with Crippen LogP contribution in [0.1, 0.15) is 42.6 Å². The molecule has 0 aliphatic rings. The van der Waals surface area contributed by atoms with Crippen LogP contribution in [0.5, 0.6) is 0 Å². The second kappa shape index (κ2) is 6.89. The lowest BCUT2D eigenvalue weighted by Crippen LogP contribution is -2.35. The van der Waals surface area contributed by atoms with E-state index in [4.69, 9.17) is 5.11 Å². The molecule has 0 amide bonds. The summed E-state index contributed by atoms with van der Waals surface area (Å²) in [5, 5.41) is 9.09. The first-order chi connectivity index (χ1) is 9.62. The topological polar surface area (TPSA) is 74.7 Å². The van der Waals surface area contributed by atoms with E-state index in [1.54, 1.807) is 6.92 Å². The van der Waals surface area contributed by atoms with Gasteiger partial charge in [0.15, 0.2) is 0 Å². The maximum absolute atomic E-state index is 12.7. The predicted octanol–water partition coefficient (Wildman–Crippen LogP) is 3.26. The minimum absolute atomic E-state index is 0.0275. The Kier molecular flexibility index (Phi) is 5.95. The Morgan fingerprint density at radius 3 is 2.48 bits per heavy atom. The number of sulfonamides is 1. The van der Waals surface area contributed by atoms with Crippen molar-refractivity contribution in [2.45, 2.75) is 44.6 Å². The first-order valence-electron chi connectivity index (χ1n) is 6.64.